The highest BCUT2D eigenvalue weighted by Crippen LogP contribution is 2.33. The molecule has 0 spiro atoms. The first-order valence-corrected chi connectivity index (χ1v) is 6.97. The summed E-state index contributed by atoms with van der Waals surface area (Å²) in [5, 5.41) is 12.7. The third-order valence-corrected chi connectivity index (χ3v) is 4.66. The summed E-state index contributed by atoms with van der Waals surface area (Å²) in [6.45, 7) is 9.48. The molecular weight excluding hydrogens is 236 g/mol. The van der Waals surface area contributed by atoms with E-state index in [-0.39, 0.29) is 0 Å². The number of hydrogen-bond acceptors (Lipinski definition) is 4. The average molecular weight is 256 g/mol. The molecular formula is C15H20N4. The Morgan fingerprint density at radius 3 is 2.84 bits per heavy atom. The van der Waals surface area contributed by atoms with Crippen LogP contribution in [0.5, 0.6) is 0 Å². The number of nitrogens with zero attached hydrogens (tertiary/aromatic N) is 3. The first-order chi connectivity index (χ1) is 9.10. The standard InChI is InChI=1S/C15H20N4/c1-9-4-15(18-11(3)13(9)5-16)19-7-12-6-17-10(2)14(12)8-19/h4,10,12,14,17H,6-8H2,1-3H3. The summed E-state index contributed by atoms with van der Waals surface area (Å²) in [6.07, 6.45) is 0. The van der Waals surface area contributed by atoms with Gasteiger partial charge in [0.25, 0.3) is 0 Å². The van der Waals surface area contributed by atoms with Gasteiger partial charge in [0, 0.05) is 25.7 Å². The normalized spacial score (nSPS) is 29.4. The molecule has 3 rings (SSSR count). The fourth-order valence-electron chi connectivity index (χ4n) is 3.50. The van der Waals surface area contributed by atoms with Crippen LogP contribution in [0.25, 0.3) is 0 Å². The maximum absolute atomic E-state index is 9.11. The fraction of sp³-hybridized carbons (Fsp3) is 0.600. The SMILES string of the molecule is Cc1cc(N2CC3CNC(C)C3C2)nc(C)c1C#N. The minimum absolute atomic E-state index is 0.607. The van der Waals surface area contributed by atoms with E-state index in [1.54, 1.807) is 0 Å². The third kappa shape index (κ3) is 1.98. The van der Waals surface area contributed by atoms with Crippen molar-refractivity contribution in [3.05, 3.63) is 22.9 Å². The highest BCUT2D eigenvalue weighted by atomic mass is 15.2. The molecule has 0 aliphatic carbocycles. The molecule has 1 aromatic rings. The summed E-state index contributed by atoms with van der Waals surface area (Å²) in [5.74, 6) is 2.52. The topological polar surface area (TPSA) is 52.0 Å². The van der Waals surface area contributed by atoms with E-state index >= 15 is 0 Å². The number of nitrogens with one attached hydrogen (secondary N) is 1. The van der Waals surface area contributed by atoms with Crippen molar-refractivity contribution in [2.75, 3.05) is 24.5 Å². The summed E-state index contributed by atoms with van der Waals surface area (Å²) in [5.41, 5.74) is 2.60. The van der Waals surface area contributed by atoms with Crippen LogP contribution in [0.4, 0.5) is 5.82 Å². The molecule has 2 aliphatic heterocycles. The maximum Gasteiger partial charge on any atom is 0.129 e. The van der Waals surface area contributed by atoms with E-state index in [0.717, 1.165) is 54.1 Å². The molecule has 100 valence electrons. The van der Waals surface area contributed by atoms with E-state index in [0.29, 0.717) is 6.04 Å². The van der Waals surface area contributed by atoms with E-state index in [4.69, 9.17) is 5.26 Å². The van der Waals surface area contributed by atoms with Gasteiger partial charge in [-0.3, -0.25) is 0 Å². The number of hydrogen-bond donors (Lipinski definition) is 1. The first-order valence-electron chi connectivity index (χ1n) is 6.97. The van der Waals surface area contributed by atoms with E-state index in [1.807, 2.05) is 13.8 Å². The van der Waals surface area contributed by atoms with Gasteiger partial charge in [0.15, 0.2) is 0 Å². The van der Waals surface area contributed by atoms with E-state index in [1.165, 1.54) is 0 Å². The minimum atomic E-state index is 0.607. The summed E-state index contributed by atoms with van der Waals surface area (Å²) in [4.78, 5) is 7.00. The van der Waals surface area contributed by atoms with Gasteiger partial charge in [-0.15, -0.1) is 0 Å². The molecule has 1 aromatic heterocycles. The van der Waals surface area contributed by atoms with Crippen LogP contribution in [-0.2, 0) is 0 Å². The smallest absolute Gasteiger partial charge is 0.129 e. The van der Waals surface area contributed by atoms with Crippen LogP contribution in [0.1, 0.15) is 23.7 Å². The minimum Gasteiger partial charge on any atom is -0.356 e. The number of rotatable bonds is 1. The summed E-state index contributed by atoms with van der Waals surface area (Å²) in [7, 11) is 0. The second kappa shape index (κ2) is 4.50. The van der Waals surface area contributed by atoms with Crippen LogP contribution in [0, 0.1) is 37.0 Å². The van der Waals surface area contributed by atoms with Crippen molar-refractivity contribution in [1.82, 2.24) is 10.3 Å². The molecule has 3 unspecified atom stereocenters. The Morgan fingerprint density at radius 2 is 2.21 bits per heavy atom. The lowest BCUT2D eigenvalue weighted by molar-refractivity contribution is 0.464. The summed E-state index contributed by atoms with van der Waals surface area (Å²) in [6, 6.07) is 4.90. The van der Waals surface area contributed by atoms with Gasteiger partial charge < -0.3 is 10.2 Å². The van der Waals surface area contributed by atoms with Crippen LogP contribution in [0.15, 0.2) is 6.07 Å². The third-order valence-electron chi connectivity index (χ3n) is 4.66. The first kappa shape index (κ1) is 12.4. The zero-order valence-corrected chi connectivity index (χ0v) is 11.8. The number of aryl methyl sites for hydroxylation is 2. The molecule has 19 heavy (non-hydrogen) atoms. The zero-order valence-electron chi connectivity index (χ0n) is 11.8. The predicted molar refractivity (Wildman–Crippen MR) is 75.1 cm³/mol. The molecule has 0 saturated carbocycles. The van der Waals surface area contributed by atoms with Crippen molar-refractivity contribution in [2.24, 2.45) is 11.8 Å². The second-order valence-electron chi connectivity index (χ2n) is 5.90. The molecule has 4 heteroatoms. The van der Waals surface area contributed by atoms with Crippen molar-refractivity contribution in [1.29, 1.82) is 5.26 Å². The van der Waals surface area contributed by atoms with Gasteiger partial charge >= 0.3 is 0 Å². The molecule has 1 N–H and O–H groups in total. The number of nitriles is 1. The molecule has 0 amide bonds. The average Bonchev–Trinajstić information content (AvgIpc) is 2.92. The van der Waals surface area contributed by atoms with Crippen molar-refractivity contribution in [3.63, 3.8) is 0 Å². The zero-order chi connectivity index (χ0) is 13.6. The molecule has 2 aliphatic rings. The van der Waals surface area contributed by atoms with Crippen molar-refractivity contribution < 1.29 is 0 Å². The molecule has 0 aromatic carbocycles. The second-order valence-corrected chi connectivity index (χ2v) is 5.90. The Bertz CT molecular complexity index is 523. The van der Waals surface area contributed by atoms with Gasteiger partial charge in [0.1, 0.15) is 11.9 Å². The fourth-order valence-corrected chi connectivity index (χ4v) is 3.50. The van der Waals surface area contributed by atoms with Crippen LogP contribution in [-0.4, -0.2) is 30.7 Å². The Kier molecular flexibility index (Phi) is 2.94. The number of aromatic nitrogens is 1. The highest BCUT2D eigenvalue weighted by Gasteiger charge is 2.40. The molecule has 0 bridgehead atoms. The molecule has 3 heterocycles. The lowest BCUT2D eigenvalue weighted by Crippen LogP contribution is -2.30. The van der Waals surface area contributed by atoms with Gasteiger partial charge in [-0.1, -0.05) is 0 Å². The Hall–Kier alpha value is -1.60. The van der Waals surface area contributed by atoms with Crippen LogP contribution < -0.4 is 10.2 Å². The van der Waals surface area contributed by atoms with Crippen molar-refractivity contribution >= 4 is 5.82 Å². The Labute approximate surface area is 114 Å². The van der Waals surface area contributed by atoms with E-state index in [9.17, 15) is 0 Å². The highest BCUT2D eigenvalue weighted by molar-refractivity contribution is 5.51. The summed E-state index contributed by atoms with van der Waals surface area (Å²) < 4.78 is 0. The lowest BCUT2D eigenvalue weighted by Gasteiger charge is -2.21. The quantitative estimate of drug-likeness (QED) is 0.829. The van der Waals surface area contributed by atoms with E-state index in [2.05, 4.69) is 34.3 Å². The molecule has 0 radical (unpaired) electrons. The van der Waals surface area contributed by atoms with Crippen molar-refractivity contribution in [3.8, 4) is 6.07 Å². The van der Waals surface area contributed by atoms with Gasteiger partial charge in [-0.2, -0.15) is 5.26 Å². The molecule has 3 atom stereocenters. The number of anilines is 1. The Balaban J connectivity index is 1.87. The predicted octanol–water partition coefficient (Wildman–Crippen LogP) is 1.61. The van der Waals surface area contributed by atoms with Gasteiger partial charge in [-0.05, 0) is 44.2 Å². The van der Waals surface area contributed by atoms with Gasteiger partial charge in [0.05, 0.1) is 11.3 Å². The van der Waals surface area contributed by atoms with Crippen LogP contribution >= 0.6 is 0 Å². The largest absolute Gasteiger partial charge is 0.356 e. The van der Waals surface area contributed by atoms with Crippen LogP contribution in [0.3, 0.4) is 0 Å². The lowest BCUT2D eigenvalue weighted by atomic mass is 9.95. The molecule has 4 nitrogen and oxygen atoms in total. The molecule has 2 saturated heterocycles. The maximum atomic E-state index is 9.11. The van der Waals surface area contributed by atoms with Crippen molar-refractivity contribution in [2.45, 2.75) is 26.8 Å². The monoisotopic (exact) mass is 256 g/mol. The molecule has 2 fully saturated rings. The number of pyridine rings is 1. The van der Waals surface area contributed by atoms with Gasteiger partial charge in [0.2, 0.25) is 0 Å². The van der Waals surface area contributed by atoms with Gasteiger partial charge in [-0.25, -0.2) is 4.98 Å². The van der Waals surface area contributed by atoms with Crippen LogP contribution in [0.2, 0.25) is 0 Å². The Morgan fingerprint density at radius 1 is 1.42 bits per heavy atom. The van der Waals surface area contributed by atoms with E-state index < -0.39 is 0 Å². The number of fused-ring (bicyclic) bond motifs is 1. The summed E-state index contributed by atoms with van der Waals surface area (Å²) >= 11 is 0.